The Morgan fingerprint density at radius 1 is 1.21 bits per heavy atom. The van der Waals surface area contributed by atoms with Crippen LogP contribution in [0.15, 0.2) is 24.5 Å². The molecule has 4 rings (SSSR count). The van der Waals surface area contributed by atoms with Gasteiger partial charge < -0.3 is 10.2 Å². The summed E-state index contributed by atoms with van der Waals surface area (Å²) in [5, 5.41) is 3.79. The first-order chi connectivity index (χ1) is 13.3. The van der Waals surface area contributed by atoms with Crippen LogP contribution in [0.3, 0.4) is 0 Å². The number of likely N-dealkylation sites (tertiary alicyclic amines) is 2. The molecule has 1 amide bonds. The van der Waals surface area contributed by atoms with Gasteiger partial charge in [-0.2, -0.15) is 0 Å². The molecule has 3 aliphatic heterocycles. The summed E-state index contributed by atoms with van der Waals surface area (Å²) in [5.74, 6) is 1.87. The van der Waals surface area contributed by atoms with E-state index in [0.29, 0.717) is 11.9 Å². The van der Waals surface area contributed by atoms with Crippen molar-refractivity contribution >= 4 is 18.3 Å². The summed E-state index contributed by atoms with van der Waals surface area (Å²) in [5.41, 5.74) is 1.31. The topological polar surface area (TPSA) is 48.5 Å². The van der Waals surface area contributed by atoms with Crippen LogP contribution in [0.25, 0.3) is 0 Å². The normalized spacial score (nSPS) is 27.9. The highest BCUT2D eigenvalue weighted by molar-refractivity contribution is 5.85. The number of carbonyl (C=O) groups excluding carboxylic acids is 1. The van der Waals surface area contributed by atoms with E-state index in [2.05, 4.69) is 26.2 Å². The van der Waals surface area contributed by atoms with Gasteiger partial charge in [0.2, 0.25) is 5.91 Å². The predicted octanol–water partition coefficient (Wildman–Crippen LogP) is 3.10. The first-order valence-electron chi connectivity index (χ1n) is 10.9. The van der Waals surface area contributed by atoms with Gasteiger partial charge in [0.1, 0.15) is 0 Å². The molecule has 5 nitrogen and oxygen atoms in total. The molecule has 1 N–H and O–H groups in total. The van der Waals surface area contributed by atoms with Crippen molar-refractivity contribution in [2.75, 3.05) is 32.7 Å². The van der Waals surface area contributed by atoms with Gasteiger partial charge in [-0.25, -0.2) is 0 Å². The van der Waals surface area contributed by atoms with Crippen LogP contribution in [-0.4, -0.2) is 59.5 Å². The van der Waals surface area contributed by atoms with Crippen molar-refractivity contribution in [3.05, 3.63) is 30.1 Å². The lowest BCUT2D eigenvalue weighted by molar-refractivity contribution is -0.132. The summed E-state index contributed by atoms with van der Waals surface area (Å²) in [6, 6.07) is 4.79. The molecule has 0 spiro atoms. The van der Waals surface area contributed by atoms with E-state index in [1.165, 1.54) is 44.3 Å². The van der Waals surface area contributed by atoms with Gasteiger partial charge in [-0.05, 0) is 68.5 Å². The van der Waals surface area contributed by atoms with E-state index >= 15 is 0 Å². The second-order valence-corrected chi connectivity index (χ2v) is 8.77. The average molecular weight is 407 g/mol. The monoisotopic (exact) mass is 406 g/mol. The fourth-order valence-corrected chi connectivity index (χ4v) is 5.26. The van der Waals surface area contributed by atoms with Crippen molar-refractivity contribution in [2.24, 2.45) is 11.8 Å². The van der Waals surface area contributed by atoms with Gasteiger partial charge in [-0.3, -0.25) is 14.7 Å². The number of hydrogen-bond acceptors (Lipinski definition) is 4. The lowest BCUT2D eigenvalue weighted by Gasteiger charge is -2.46. The molecule has 2 unspecified atom stereocenters. The third-order valence-electron chi connectivity index (χ3n) is 6.63. The Kier molecular flexibility index (Phi) is 8.12. The maximum Gasteiger partial charge on any atom is 0.222 e. The van der Waals surface area contributed by atoms with Gasteiger partial charge in [-0.1, -0.05) is 6.07 Å². The maximum atomic E-state index is 12.4. The lowest BCUT2D eigenvalue weighted by atomic mass is 9.79. The fourth-order valence-electron chi connectivity index (χ4n) is 5.26. The van der Waals surface area contributed by atoms with Gasteiger partial charge in [-0.15, -0.1) is 12.4 Å². The molecule has 1 aromatic rings. The predicted molar refractivity (Wildman–Crippen MR) is 114 cm³/mol. The summed E-state index contributed by atoms with van der Waals surface area (Å²) in [7, 11) is 0. The van der Waals surface area contributed by atoms with Crippen LogP contribution in [-0.2, 0) is 11.3 Å². The van der Waals surface area contributed by atoms with Crippen molar-refractivity contribution in [3.8, 4) is 0 Å². The van der Waals surface area contributed by atoms with Crippen LogP contribution in [0.1, 0.15) is 50.5 Å². The molecule has 0 aliphatic carbocycles. The third-order valence-corrected chi connectivity index (χ3v) is 6.63. The second kappa shape index (κ2) is 10.6. The van der Waals surface area contributed by atoms with Crippen molar-refractivity contribution in [3.63, 3.8) is 0 Å². The lowest BCUT2D eigenvalue weighted by Crippen LogP contribution is -2.55. The molecule has 3 atom stereocenters. The van der Waals surface area contributed by atoms with E-state index in [-0.39, 0.29) is 12.4 Å². The minimum Gasteiger partial charge on any atom is -0.343 e. The summed E-state index contributed by atoms with van der Waals surface area (Å²) in [6.45, 7) is 6.47. The summed E-state index contributed by atoms with van der Waals surface area (Å²) >= 11 is 0. The molecule has 0 saturated carbocycles. The number of halogens is 1. The Bertz CT molecular complexity index is 608. The molecule has 28 heavy (non-hydrogen) atoms. The standard InChI is InChI=1S/C22H34N4O.ClH/c27-22(26-10-2-1-3-11-26)8-4-7-21-20-12-19(14-24-21)16-25(17-20)15-18-6-5-9-23-13-18;/h5-6,9,13,19-21,24H,1-4,7-8,10-12,14-17H2;1H/t19?,20?,21-;/m1./s1. The van der Waals surface area contributed by atoms with E-state index in [1.54, 1.807) is 0 Å². The van der Waals surface area contributed by atoms with E-state index in [4.69, 9.17) is 0 Å². The van der Waals surface area contributed by atoms with Crippen molar-refractivity contribution in [1.29, 1.82) is 0 Å². The number of nitrogens with zero attached hydrogens (tertiary/aromatic N) is 3. The zero-order chi connectivity index (χ0) is 18.5. The summed E-state index contributed by atoms with van der Waals surface area (Å²) in [6.07, 6.45) is 11.7. The van der Waals surface area contributed by atoms with Crippen LogP contribution in [0.2, 0.25) is 0 Å². The Morgan fingerprint density at radius 2 is 2.07 bits per heavy atom. The number of piperidine rings is 3. The third kappa shape index (κ3) is 5.68. The number of nitrogens with one attached hydrogen (secondary N) is 1. The van der Waals surface area contributed by atoms with Crippen LogP contribution < -0.4 is 5.32 Å². The second-order valence-electron chi connectivity index (χ2n) is 8.77. The molecule has 1 aromatic heterocycles. The van der Waals surface area contributed by atoms with E-state index in [1.807, 2.05) is 18.5 Å². The molecule has 156 valence electrons. The maximum absolute atomic E-state index is 12.4. The molecule has 6 heteroatoms. The largest absolute Gasteiger partial charge is 0.343 e. The van der Waals surface area contributed by atoms with E-state index in [0.717, 1.165) is 57.3 Å². The number of aromatic nitrogens is 1. The van der Waals surface area contributed by atoms with Gasteiger partial charge in [0.05, 0.1) is 0 Å². The molecule has 3 fully saturated rings. The molecule has 3 aliphatic rings. The molecule has 0 aromatic carbocycles. The average Bonchev–Trinajstić information content (AvgIpc) is 2.71. The van der Waals surface area contributed by atoms with Crippen LogP contribution in [0.5, 0.6) is 0 Å². The van der Waals surface area contributed by atoms with Gasteiger partial charge in [0.15, 0.2) is 0 Å². The SMILES string of the molecule is Cl.O=C(CCC[C@H]1NCC2CC1CN(Cc1cccnc1)C2)N1CCCCC1. The first kappa shape index (κ1) is 21.5. The smallest absolute Gasteiger partial charge is 0.222 e. The van der Waals surface area contributed by atoms with Crippen LogP contribution >= 0.6 is 12.4 Å². The first-order valence-corrected chi connectivity index (χ1v) is 10.9. The Labute approximate surface area is 175 Å². The molecule has 2 bridgehead atoms. The Hall–Kier alpha value is -1.17. The number of pyridine rings is 1. The molecular formula is C22H35ClN4O. The molecule has 4 heterocycles. The van der Waals surface area contributed by atoms with E-state index in [9.17, 15) is 4.79 Å². The number of hydrogen-bond donors (Lipinski definition) is 1. The number of carbonyl (C=O) groups is 1. The van der Waals surface area contributed by atoms with Gasteiger partial charge in [0, 0.05) is 57.6 Å². The number of fused-ring (bicyclic) bond motifs is 2. The van der Waals surface area contributed by atoms with Gasteiger partial charge in [0.25, 0.3) is 0 Å². The number of amides is 1. The Balaban J connectivity index is 0.00000225. The zero-order valence-electron chi connectivity index (χ0n) is 16.9. The highest BCUT2D eigenvalue weighted by Crippen LogP contribution is 2.31. The van der Waals surface area contributed by atoms with Gasteiger partial charge >= 0.3 is 0 Å². The summed E-state index contributed by atoms with van der Waals surface area (Å²) in [4.78, 5) is 21.4. The molecular weight excluding hydrogens is 372 g/mol. The van der Waals surface area contributed by atoms with E-state index < -0.39 is 0 Å². The molecule has 0 radical (unpaired) electrons. The van der Waals surface area contributed by atoms with Crippen LogP contribution in [0.4, 0.5) is 0 Å². The fraction of sp³-hybridized carbons (Fsp3) is 0.727. The minimum atomic E-state index is 0. The highest BCUT2D eigenvalue weighted by Gasteiger charge is 2.36. The van der Waals surface area contributed by atoms with Crippen LogP contribution in [0, 0.1) is 11.8 Å². The Morgan fingerprint density at radius 3 is 2.86 bits per heavy atom. The van der Waals surface area contributed by atoms with Crippen molar-refractivity contribution in [1.82, 2.24) is 20.1 Å². The zero-order valence-corrected chi connectivity index (χ0v) is 17.7. The summed E-state index contributed by atoms with van der Waals surface area (Å²) < 4.78 is 0. The van der Waals surface area contributed by atoms with Crippen molar-refractivity contribution < 1.29 is 4.79 Å². The highest BCUT2D eigenvalue weighted by atomic mass is 35.5. The minimum absolute atomic E-state index is 0. The number of rotatable bonds is 6. The van der Waals surface area contributed by atoms with Crippen molar-refractivity contribution in [2.45, 2.75) is 57.5 Å². The quantitative estimate of drug-likeness (QED) is 0.788. The molecule has 3 saturated heterocycles.